The summed E-state index contributed by atoms with van der Waals surface area (Å²) in [4.78, 5) is 12.2. The van der Waals surface area contributed by atoms with Crippen molar-refractivity contribution in [2.45, 2.75) is 13.8 Å². The van der Waals surface area contributed by atoms with Crippen LogP contribution in [-0.2, 0) is 0 Å². The monoisotopic (exact) mass is 288 g/mol. The molecule has 2 aromatic rings. The van der Waals surface area contributed by atoms with E-state index in [1.165, 1.54) is 19.2 Å². The summed E-state index contributed by atoms with van der Waals surface area (Å²) < 4.78 is 18.4. The van der Waals surface area contributed by atoms with Gasteiger partial charge >= 0.3 is 0 Å². The first kappa shape index (κ1) is 14.8. The smallest absolute Gasteiger partial charge is 0.255 e. The molecule has 1 amide bonds. The molecule has 0 aromatic heterocycles. The van der Waals surface area contributed by atoms with Crippen molar-refractivity contribution in [1.82, 2.24) is 0 Å². The van der Waals surface area contributed by atoms with Gasteiger partial charge in [0.25, 0.3) is 5.91 Å². The number of hydrogen-bond acceptors (Lipinski definition) is 3. The van der Waals surface area contributed by atoms with Gasteiger partial charge in [-0.25, -0.2) is 4.39 Å². The number of nitrogens with two attached hydrogens (primary N) is 1. The highest BCUT2D eigenvalue weighted by molar-refractivity contribution is 6.05. The minimum Gasteiger partial charge on any atom is -0.494 e. The Hall–Kier alpha value is -2.56. The lowest BCUT2D eigenvalue weighted by Gasteiger charge is -2.11. The van der Waals surface area contributed by atoms with Crippen molar-refractivity contribution in [2.75, 3.05) is 18.2 Å². The summed E-state index contributed by atoms with van der Waals surface area (Å²) in [5.74, 6) is -0.879. The van der Waals surface area contributed by atoms with E-state index in [2.05, 4.69) is 5.32 Å². The summed E-state index contributed by atoms with van der Waals surface area (Å²) in [6, 6.07) is 7.65. The average Bonchev–Trinajstić information content (AvgIpc) is 2.44. The number of ether oxygens (including phenoxy) is 1. The number of amides is 1. The predicted molar refractivity (Wildman–Crippen MR) is 81.2 cm³/mol. The molecule has 4 nitrogen and oxygen atoms in total. The Labute approximate surface area is 122 Å². The average molecular weight is 288 g/mol. The van der Waals surface area contributed by atoms with Crippen LogP contribution in [0.5, 0.6) is 5.75 Å². The summed E-state index contributed by atoms with van der Waals surface area (Å²) in [5.41, 5.74) is 9.10. The highest BCUT2D eigenvalue weighted by Crippen LogP contribution is 2.23. The van der Waals surface area contributed by atoms with Crippen molar-refractivity contribution in [2.24, 2.45) is 0 Å². The second kappa shape index (κ2) is 5.83. The number of aryl methyl sites for hydroxylation is 2. The molecule has 0 saturated carbocycles. The SMILES string of the molecule is COc1ccc(C(=O)Nc2cc(N)c(C)cc2C)cc1F. The van der Waals surface area contributed by atoms with Crippen LogP contribution >= 0.6 is 0 Å². The molecule has 0 unspecified atom stereocenters. The number of nitrogen functional groups attached to an aromatic ring is 1. The van der Waals surface area contributed by atoms with Crippen molar-refractivity contribution >= 4 is 17.3 Å². The lowest BCUT2D eigenvalue weighted by atomic mass is 10.1. The standard InChI is InChI=1S/C16H17FN2O2/c1-9-6-10(2)14(8-13(9)18)19-16(20)11-4-5-15(21-3)12(17)7-11/h4-8H,18H2,1-3H3,(H,19,20). The molecule has 2 rings (SSSR count). The van der Waals surface area contributed by atoms with E-state index in [4.69, 9.17) is 10.5 Å². The summed E-state index contributed by atoms with van der Waals surface area (Å²) in [5, 5.41) is 2.73. The second-order valence-electron chi connectivity index (χ2n) is 4.83. The Morgan fingerprint density at radius 3 is 2.52 bits per heavy atom. The van der Waals surface area contributed by atoms with E-state index < -0.39 is 11.7 Å². The number of carbonyl (C=O) groups excluding carboxylic acids is 1. The van der Waals surface area contributed by atoms with E-state index in [0.717, 1.165) is 17.2 Å². The Morgan fingerprint density at radius 2 is 1.90 bits per heavy atom. The predicted octanol–water partition coefficient (Wildman–Crippen LogP) is 3.29. The van der Waals surface area contributed by atoms with Crippen molar-refractivity contribution in [3.63, 3.8) is 0 Å². The third-order valence-electron chi connectivity index (χ3n) is 3.28. The molecule has 110 valence electrons. The van der Waals surface area contributed by atoms with Gasteiger partial charge in [0.1, 0.15) is 0 Å². The Balaban J connectivity index is 2.26. The third-order valence-corrected chi connectivity index (χ3v) is 3.28. The third kappa shape index (κ3) is 3.13. The molecule has 0 heterocycles. The molecule has 0 fully saturated rings. The van der Waals surface area contributed by atoms with Gasteiger partial charge in [0, 0.05) is 16.9 Å². The zero-order valence-electron chi connectivity index (χ0n) is 12.2. The zero-order chi connectivity index (χ0) is 15.6. The van der Waals surface area contributed by atoms with Crippen LogP contribution in [0.25, 0.3) is 0 Å². The van der Waals surface area contributed by atoms with Crippen LogP contribution in [0.1, 0.15) is 21.5 Å². The summed E-state index contributed by atoms with van der Waals surface area (Å²) >= 11 is 0. The lowest BCUT2D eigenvalue weighted by Crippen LogP contribution is -2.13. The first-order valence-electron chi connectivity index (χ1n) is 6.44. The number of nitrogens with one attached hydrogen (secondary N) is 1. The fraction of sp³-hybridized carbons (Fsp3) is 0.188. The summed E-state index contributed by atoms with van der Waals surface area (Å²) in [6.45, 7) is 3.77. The normalized spacial score (nSPS) is 10.3. The van der Waals surface area contributed by atoms with Crippen molar-refractivity contribution < 1.29 is 13.9 Å². The minimum absolute atomic E-state index is 0.0994. The Morgan fingerprint density at radius 1 is 1.19 bits per heavy atom. The highest BCUT2D eigenvalue weighted by Gasteiger charge is 2.12. The number of methoxy groups -OCH3 is 1. The van der Waals surface area contributed by atoms with Gasteiger partial charge in [-0.1, -0.05) is 6.07 Å². The van der Waals surface area contributed by atoms with Gasteiger partial charge in [0.05, 0.1) is 7.11 Å². The first-order chi connectivity index (χ1) is 9.92. The fourth-order valence-electron chi connectivity index (χ4n) is 2.01. The molecule has 0 radical (unpaired) electrons. The molecular formula is C16H17FN2O2. The van der Waals surface area contributed by atoms with Gasteiger partial charge < -0.3 is 15.8 Å². The van der Waals surface area contributed by atoms with Crippen LogP contribution in [0.4, 0.5) is 15.8 Å². The molecule has 0 aliphatic heterocycles. The van der Waals surface area contributed by atoms with Crippen LogP contribution in [0.15, 0.2) is 30.3 Å². The molecule has 0 bridgehead atoms. The summed E-state index contributed by atoms with van der Waals surface area (Å²) in [6.07, 6.45) is 0. The van der Waals surface area contributed by atoms with Crippen LogP contribution in [0, 0.1) is 19.7 Å². The molecule has 2 aromatic carbocycles. The maximum Gasteiger partial charge on any atom is 0.255 e. The van der Waals surface area contributed by atoms with Crippen molar-refractivity contribution in [3.8, 4) is 5.75 Å². The number of halogens is 1. The van der Waals surface area contributed by atoms with E-state index in [-0.39, 0.29) is 11.3 Å². The van der Waals surface area contributed by atoms with E-state index >= 15 is 0 Å². The Bertz CT molecular complexity index is 699. The van der Waals surface area contributed by atoms with Gasteiger partial charge in [-0.2, -0.15) is 0 Å². The summed E-state index contributed by atoms with van der Waals surface area (Å²) in [7, 11) is 1.37. The van der Waals surface area contributed by atoms with Crippen molar-refractivity contribution in [3.05, 3.63) is 52.8 Å². The largest absolute Gasteiger partial charge is 0.494 e. The molecule has 21 heavy (non-hydrogen) atoms. The van der Waals surface area contributed by atoms with Crippen LogP contribution in [0.3, 0.4) is 0 Å². The molecule has 0 aliphatic rings. The van der Waals surface area contributed by atoms with Crippen LogP contribution in [-0.4, -0.2) is 13.0 Å². The number of carbonyl (C=O) groups is 1. The Kier molecular flexibility index (Phi) is 4.12. The first-order valence-corrected chi connectivity index (χ1v) is 6.44. The van der Waals surface area contributed by atoms with Gasteiger partial charge in [0.15, 0.2) is 11.6 Å². The molecule has 3 N–H and O–H groups in total. The molecular weight excluding hydrogens is 271 g/mol. The number of rotatable bonds is 3. The number of anilines is 2. The van der Waals surface area contributed by atoms with Crippen molar-refractivity contribution in [1.29, 1.82) is 0 Å². The van der Waals surface area contributed by atoms with E-state index in [0.29, 0.717) is 11.4 Å². The fourth-order valence-corrected chi connectivity index (χ4v) is 2.01. The van der Waals surface area contributed by atoms with E-state index in [1.54, 1.807) is 6.07 Å². The van der Waals surface area contributed by atoms with Crippen LogP contribution < -0.4 is 15.8 Å². The van der Waals surface area contributed by atoms with Gasteiger partial charge in [-0.15, -0.1) is 0 Å². The quantitative estimate of drug-likeness (QED) is 0.852. The topological polar surface area (TPSA) is 64.3 Å². The maximum absolute atomic E-state index is 13.6. The molecule has 0 atom stereocenters. The molecule has 0 aliphatic carbocycles. The van der Waals surface area contributed by atoms with E-state index in [9.17, 15) is 9.18 Å². The highest BCUT2D eigenvalue weighted by atomic mass is 19.1. The molecule has 0 spiro atoms. The minimum atomic E-state index is -0.578. The van der Waals surface area contributed by atoms with Gasteiger partial charge in [-0.3, -0.25) is 4.79 Å². The van der Waals surface area contributed by atoms with Gasteiger partial charge in [-0.05, 0) is 49.2 Å². The molecule has 0 saturated heterocycles. The zero-order valence-corrected chi connectivity index (χ0v) is 12.2. The van der Waals surface area contributed by atoms with Crippen LogP contribution in [0.2, 0.25) is 0 Å². The van der Waals surface area contributed by atoms with Gasteiger partial charge in [0.2, 0.25) is 0 Å². The second-order valence-corrected chi connectivity index (χ2v) is 4.83. The maximum atomic E-state index is 13.6. The number of hydrogen-bond donors (Lipinski definition) is 2. The van der Waals surface area contributed by atoms with E-state index in [1.807, 2.05) is 19.9 Å². The lowest BCUT2D eigenvalue weighted by molar-refractivity contribution is 0.102. The number of benzene rings is 2. The molecule has 5 heteroatoms.